The summed E-state index contributed by atoms with van der Waals surface area (Å²) in [5, 5.41) is 6.31. The summed E-state index contributed by atoms with van der Waals surface area (Å²) in [4.78, 5) is 24.7. The predicted octanol–water partition coefficient (Wildman–Crippen LogP) is 3.29. The average Bonchev–Trinajstić information content (AvgIpc) is 3.27. The summed E-state index contributed by atoms with van der Waals surface area (Å²) in [6.07, 6.45) is 0. The van der Waals surface area contributed by atoms with Crippen molar-refractivity contribution in [1.29, 1.82) is 0 Å². The molecule has 0 amide bonds. The van der Waals surface area contributed by atoms with Crippen molar-refractivity contribution in [3.8, 4) is 5.69 Å². The van der Waals surface area contributed by atoms with E-state index in [9.17, 15) is 22.4 Å². The van der Waals surface area contributed by atoms with Crippen LogP contribution in [0.25, 0.3) is 5.69 Å². The number of primary sulfonamides is 1. The van der Waals surface area contributed by atoms with Crippen LogP contribution in [0.4, 0.5) is 4.39 Å². The molecule has 158 valence electrons. The number of ether oxygens (including phenoxy) is 1. The van der Waals surface area contributed by atoms with Gasteiger partial charge in [0.25, 0.3) is 0 Å². The van der Waals surface area contributed by atoms with Crippen LogP contribution in [0.2, 0.25) is 0 Å². The van der Waals surface area contributed by atoms with E-state index in [0.29, 0.717) is 22.5 Å². The second kappa shape index (κ2) is 8.13. The van der Waals surface area contributed by atoms with Crippen molar-refractivity contribution in [2.45, 2.75) is 25.0 Å². The van der Waals surface area contributed by atoms with Gasteiger partial charge in [-0.3, -0.25) is 4.79 Å². The number of hydrogen-bond donors (Lipinski definition) is 1. The summed E-state index contributed by atoms with van der Waals surface area (Å²) in [6, 6.07) is 7.55. The number of sulfonamides is 1. The van der Waals surface area contributed by atoms with E-state index >= 15 is 0 Å². The van der Waals surface area contributed by atoms with Gasteiger partial charge < -0.3 is 9.30 Å². The Labute approximate surface area is 176 Å². The van der Waals surface area contributed by atoms with Crippen LogP contribution in [0.15, 0.2) is 39.9 Å². The summed E-state index contributed by atoms with van der Waals surface area (Å²) in [5.41, 5.74) is 2.75. The fourth-order valence-electron chi connectivity index (χ4n) is 3.03. The Morgan fingerprint density at radius 3 is 2.47 bits per heavy atom. The molecular weight excluding hydrogens is 431 g/mol. The molecule has 0 aliphatic carbocycles. The molecule has 1 aromatic carbocycles. The zero-order valence-electron chi connectivity index (χ0n) is 16.4. The number of aromatic nitrogens is 1. The van der Waals surface area contributed by atoms with E-state index in [0.717, 1.165) is 23.1 Å². The molecule has 0 saturated heterocycles. The Morgan fingerprint density at radius 1 is 1.17 bits per heavy atom. The van der Waals surface area contributed by atoms with Gasteiger partial charge in [-0.2, -0.15) is 0 Å². The van der Waals surface area contributed by atoms with Crippen LogP contribution < -0.4 is 5.14 Å². The van der Waals surface area contributed by atoms with Crippen LogP contribution in [0, 0.1) is 26.6 Å². The van der Waals surface area contributed by atoms with E-state index < -0.39 is 28.4 Å². The van der Waals surface area contributed by atoms with E-state index in [-0.39, 0.29) is 15.6 Å². The number of Topliss-reactive ketones (excluding diaryl/α,β-unsaturated/α-hetero) is 1. The number of thiophene rings is 1. The highest BCUT2D eigenvalue weighted by Crippen LogP contribution is 2.23. The number of benzene rings is 1. The van der Waals surface area contributed by atoms with Crippen molar-refractivity contribution >= 4 is 33.1 Å². The largest absolute Gasteiger partial charge is 0.454 e. The van der Waals surface area contributed by atoms with Gasteiger partial charge in [-0.05, 0) is 50.6 Å². The Hall–Kier alpha value is -2.82. The molecule has 3 aromatic rings. The first-order valence-electron chi connectivity index (χ1n) is 8.76. The fourth-order valence-corrected chi connectivity index (χ4v) is 4.60. The maximum atomic E-state index is 14.0. The Kier molecular flexibility index (Phi) is 5.93. The van der Waals surface area contributed by atoms with Crippen molar-refractivity contribution < 1.29 is 27.1 Å². The highest BCUT2D eigenvalue weighted by molar-refractivity contribution is 7.91. The lowest BCUT2D eigenvalue weighted by Crippen LogP contribution is -2.15. The molecule has 30 heavy (non-hydrogen) atoms. The number of carbonyl (C=O) groups excluding carboxylic acids is 2. The lowest BCUT2D eigenvalue weighted by molar-refractivity contribution is 0.0475. The third kappa shape index (κ3) is 4.35. The van der Waals surface area contributed by atoms with E-state index in [2.05, 4.69) is 0 Å². The first-order chi connectivity index (χ1) is 14.0. The summed E-state index contributed by atoms with van der Waals surface area (Å²) in [7, 11) is -3.92. The molecule has 0 spiro atoms. The van der Waals surface area contributed by atoms with Gasteiger partial charge >= 0.3 is 5.97 Å². The number of hydrogen-bond acceptors (Lipinski definition) is 6. The van der Waals surface area contributed by atoms with Crippen LogP contribution >= 0.6 is 11.3 Å². The molecule has 0 aliphatic rings. The quantitative estimate of drug-likeness (QED) is 0.458. The van der Waals surface area contributed by atoms with Crippen molar-refractivity contribution in [2.24, 2.45) is 5.14 Å². The van der Waals surface area contributed by atoms with Gasteiger partial charge in [-0.15, -0.1) is 11.3 Å². The van der Waals surface area contributed by atoms with Crippen LogP contribution in [0.5, 0.6) is 0 Å². The molecule has 0 saturated carbocycles. The summed E-state index contributed by atoms with van der Waals surface area (Å²) in [6.45, 7) is 4.65. The van der Waals surface area contributed by atoms with Crippen molar-refractivity contribution in [2.75, 3.05) is 6.61 Å². The second-order valence-corrected chi connectivity index (χ2v) is 9.45. The third-order valence-corrected chi connectivity index (χ3v) is 6.96. The number of aryl methyl sites for hydroxylation is 2. The van der Waals surface area contributed by atoms with E-state index in [1.165, 1.54) is 11.4 Å². The Morgan fingerprint density at radius 2 is 1.87 bits per heavy atom. The maximum Gasteiger partial charge on any atom is 0.339 e. The van der Waals surface area contributed by atoms with Gasteiger partial charge in [0.05, 0.1) is 5.56 Å². The van der Waals surface area contributed by atoms with Crippen molar-refractivity contribution in [3.63, 3.8) is 0 Å². The molecule has 0 unspecified atom stereocenters. The van der Waals surface area contributed by atoms with E-state index in [4.69, 9.17) is 9.88 Å². The minimum absolute atomic E-state index is 0.00238. The third-order valence-electron chi connectivity index (χ3n) is 4.57. The highest BCUT2D eigenvalue weighted by atomic mass is 32.2. The molecule has 0 atom stereocenters. The second-order valence-electron chi connectivity index (χ2n) is 6.75. The SMILES string of the molecule is Cc1ccc(-n2c(C)cc(C(=O)COC(=O)c3csc(S(N)(=O)=O)c3)c2C)cc1F. The van der Waals surface area contributed by atoms with Gasteiger partial charge in [0, 0.05) is 28.0 Å². The minimum Gasteiger partial charge on any atom is -0.454 e. The molecule has 2 N–H and O–H groups in total. The summed E-state index contributed by atoms with van der Waals surface area (Å²) < 4.78 is 43.2. The summed E-state index contributed by atoms with van der Waals surface area (Å²) in [5.74, 6) is -1.61. The highest BCUT2D eigenvalue weighted by Gasteiger charge is 2.20. The number of carbonyl (C=O) groups is 2. The van der Waals surface area contributed by atoms with Crippen LogP contribution in [-0.4, -0.2) is 31.3 Å². The zero-order valence-corrected chi connectivity index (χ0v) is 18.1. The standard InChI is InChI=1S/C20H19FN2O5S2/c1-11-4-5-15(8-17(11)21)23-12(2)6-16(13(23)3)18(24)9-28-20(25)14-7-19(29-10-14)30(22,26)27/h4-8,10H,9H2,1-3H3,(H2,22,26,27). The molecule has 2 heterocycles. The van der Waals surface area contributed by atoms with Crippen molar-refractivity contribution in [3.05, 3.63) is 69.6 Å². The number of ketones is 1. The number of rotatable bonds is 6. The van der Waals surface area contributed by atoms with Gasteiger partial charge in [0.15, 0.2) is 6.61 Å². The lowest BCUT2D eigenvalue weighted by Gasteiger charge is -2.11. The molecule has 0 radical (unpaired) electrons. The lowest BCUT2D eigenvalue weighted by atomic mass is 10.1. The predicted molar refractivity (Wildman–Crippen MR) is 110 cm³/mol. The van der Waals surface area contributed by atoms with Crippen LogP contribution in [0.1, 0.15) is 37.7 Å². The van der Waals surface area contributed by atoms with Gasteiger partial charge in [-0.1, -0.05) is 6.07 Å². The van der Waals surface area contributed by atoms with Gasteiger partial charge in [0.1, 0.15) is 10.0 Å². The van der Waals surface area contributed by atoms with Crippen molar-refractivity contribution in [1.82, 2.24) is 4.57 Å². The first kappa shape index (κ1) is 21.9. The van der Waals surface area contributed by atoms with Gasteiger partial charge in [-0.25, -0.2) is 22.7 Å². The molecule has 0 bridgehead atoms. The Balaban J connectivity index is 1.77. The maximum absolute atomic E-state index is 14.0. The number of nitrogens with zero attached hydrogens (tertiary/aromatic N) is 1. The molecule has 7 nitrogen and oxygen atoms in total. The first-order valence-corrected chi connectivity index (χ1v) is 11.2. The van der Waals surface area contributed by atoms with E-state index in [1.807, 2.05) is 0 Å². The normalized spacial score (nSPS) is 11.5. The van der Waals surface area contributed by atoms with Crippen LogP contribution in [0.3, 0.4) is 0 Å². The van der Waals surface area contributed by atoms with E-state index in [1.54, 1.807) is 43.5 Å². The zero-order chi connectivity index (χ0) is 22.2. The molecule has 2 aromatic heterocycles. The molecule has 0 fully saturated rings. The number of halogens is 1. The molecule has 0 aliphatic heterocycles. The van der Waals surface area contributed by atoms with Crippen LogP contribution in [-0.2, 0) is 14.8 Å². The molecular formula is C20H19FN2O5S2. The number of nitrogens with two attached hydrogens (primary N) is 1. The Bertz CT molecular complexity index is 1260. The smallest absolute Gasteiger partial charge is 0.339 e. The minimum atomic E-state index is -3.92. The fraction of sp³-hybridized carbons (Fsp3) is 0.200. The molecule has 3 rings (SSSR count). The molecule has 10 heteroatoms. The summed E-state index contributed by atoms with van der Waals surface area (Å²) >= 11 is 0.790. The topological polar surface area (TPSA) is 108 Å². The van der Waals surface area contributed by atoms with Gasteiger partial charge in [0.2, 0.25) is 15.8 Å². The average molecular weight is 451 g/mol. The number of esters is 1. The monoisotopic (exact) mass is 450 g/mol.